The van der Waals surface area contributed by atoms with Crippen LogP contribution in [0.2, 0.25) is 0 Å². The monoisotopic (exact) mass is 349 g/mol. The van der Waals surface area contributed by atoms with E-state index in [9.17, 15) is 15.0 Å². The first-order valence-corrected chi connectivity index (χ1v) is 8.56. The van der Waals surface area contributed by atoms with E-state index in [1.807, 2.05) is 12.1 Å². The topological polar surface area (TPSA) is 83.1 Å². The summed E-state index contributed by atoms with van der Waals surface area (Å²) in [6, 6.07) is 5.43. The second-order valence-corrected chi connectivity index (χ2v) is 6.66. The number of aromatic carboxylic acids is 1. The molecule has 2 heterocycles. The second kappa shape index (κ2) is 7.29. The summed E-state index contributed by atoms with van der Waals surface area (Å²) in [4.78, 5) is 11.8. The van der Waals surface area contributed by atoms with Crippen molar-refractivity contribution >= 4 is 17.9 Å². The minimum absolute atomic E-state index is 0.170. The van der Waals surface area contributed by atoms with E-state index in [-0.39, 0.29) is 11.7 Å². The summed E-state index contributed by atoms with van der Waals surface area (Å²) in [5, 5.41) is 19.3. The van der Waals surface area contributed by atoms with Crippen molar-refractivity contribution < 1.29 is 24.2 Å². The summed E-state index contributed by atoms with van der Waals surface area (Å²) in [5.41, 5.74) is 2.33. The lowest BCUT2D eigenvalue weighted by Gasteiger charge is -2.17. The van der Waals surface area contributed by atoms with Gasteiger partial charge in [-0.1, -0.05) is 24.1 Å². The number of carboxylic acid groups (broad SMARTS) is 1. The van der Waals surface area contributed by atoms with Crippen molar-refractivity contribution in [2.75, 3.05) is 20.2 Å². The normalized spacial score (nSPS) is 18.0. The van der Waals surface area contributed by atoms with Crippen LogP contribution in [-0.2, 0) is 5.75 Å². The average molecular weight is 349 g/mol. The number of benzene rings is 1. The Morgan fingerprint density at radius 2 is 2.29 bits per heavy atom. The number of β-amino-alcohol motifs (C(OH)–C–C–N with tert-alkyl or cyclic N) is 1. The molecule has 1 atom stereocenters. The molecule has 128 valence electrons. The van der Waals surface area contributed by atoms with Gasteiger partial charge in [0.2, 0.25) is 0 Å². The quantitative estimate of drug-likeness (QED) is 0.776. The van der Waals surface area contributed by atoms with Gasteiger partial charge >= 0.3 is 5.97 Å². The first kappa shape index (κ1) is 16.9. The van der Waals surface area contributed by atoms with Gasteiger partial charge in [0.25, 0.3) is 0 Å². The number of methoxy groups -OCH3 is 1. The number of carbonyl (C=O) groups is 1. The van der Waals surface area contributed by atoms with E-state index >= 15 is 0 Å². The smallest absolute Gasteiger partial charge is 0.339 e. The van der Waals surface area contributed by atoms with Crippen LogP contribution in [0.4, 0.5) is 0 Å². The van der Waals surface area contributed by atoms with E-state index in [1.54, 1.807) is 12.3 Å². The third kappa shape index (κ3) is 3.43. The summed E-state index contributed by atoms with van der Waals surface area (Å²) < 4.78 is 12.6. The lowest BCUT2D eigenvalue weighted by Crippen LogP contribution is -2.15. The van der Waals surface area contributed by atoms with Gasteiger partial charge in [0.15, 0.2) is 0 Å². The molecular formula is C17H19NO5S. The van der Waals surface area contributed by atoms with Crippen LogP contribution in [0.5, 0.6) is 5.75 Å². The SMILES string of the molecule is COc1c(-c2ccoc2)ccc(CSN2CCC(O)C2)c1C(=O)O. The Labute approximate surface area is 144 Å². The number of carboxylic acids is 1. The molecule has 1 aliphatic rings. The number of furan rings is 1. The lowest BCUT2D eigenvalue weighted by atomic mass is 9.99. The van der Waals surface area contributed by atoms with E-state index in [0.717, 1.165) is 18.5 Å². The van der Waals surface area contributed by atoms with Crippen LogP contribution in [0, 0.1) is 0 Å². The van der Waals surface area contributed by atoms with Gasteiger partial charge in [0.1, 0.15) is 11.3 Å². The molecule has 1 aromatic carbocycles. The number of aliphatic hydroxyl groups is 1. The molecule has 0 bridgehead atoms. The number of nitrogens with zero attached hydrogens (tertiary/aromatic N) is 1. The molecule has 0 amide bonds. The molecule has 3 rings (SSSR count). The van der Waals surface area contributed by atoms with Gasteiger partial charge in [-0.2, -0.15) is 0 Å². The van der Waals surface area contributed by atoms with Crippen LogP contribution in [0.25, 0.3) is 11.1 Å². The first-order chi connectivity index (χ1) is 11.6. The Hall–Kier alpha value is -1.96. The summed E-state index contributed by atoms with van der Waals surface area (Å²) in [5.74, 6) is -0.172. The minimum atomic E-state index is -1.02. The van der Waals surface area contributed by atoms with Gasteiger partial charge in [-0.3, -0.25) is 0 Å². The Morgan fingerprint density at radius 1 is 1.46 bits per heavy atom. The standard InChI is InChI=1S/C17H19NO5S/c1-22-16-14(11-5-7-23-9-11)3-2-12(15(16)17(20)21)10-24-18-6-4-13(19)8-18/h2-3,5,7,9,13,19H,4,6,8,10H2,1H3,(H,20,21). The largest absolute Gasteiger partial charge is 0.495 e. The fourth-order valence-electron chi connectivity index (χ4n) is 2.82. The summed E-state index contributed by atoms with van der Waals surface area (Å²) in [6.07, 6.45) is 3.55. The third-order valence-electron chi connectivity index (χ3n) is 4.02. The molecule has 2 aromatic rings. The van der Waals surface area contributed by atoms with E-state index in [4.69, 9.17) is 9.15 Å². The number of hydrogen-bond acceptors (Lipinski definition) is 6. The van der Waals surface area contributed by atoms with Crippen molar-refractivity contribution in [3.05, 3.63) is 41.9 Å². The number of hydrogen-bond donors (Lipinski definition) is 2. The van der Waals surface area contributed by atoms with Gasteiger partial charge in [-0.05, 0) is 18.1 Å². The molecule has 0 spiro atoms. The molecular weight excluding hydrogens is 330 g/mol. The van der Waals surface area contributed by atoms with Gasteiger partial charge < -0.3 is 19.4 Å². The van der Waals surface area contributed by atoms with E-state index in [2.05, 4.69) is 4.31 Å². The lowest BCUT2D eigenvalue weighted by molar-refractivity contribution is 0.0692. The van der Waals surface area contributed by atoms with E-state index < -0.39 is 5.97 Å². The van der Waals surface area contributed by atoms with Gasteiger partial charge in [-0.25, -0.2) is 9.10 Å². The Balaban J connectivity index is 1.90. The van der Waals surface area contributed by atoms with Crippen molar-refractivity contribution in [3.8, 4) is 16.9 Å². The molecule has 1 saturated heterocycles. The van der Waals surface area contributed by atoms with Crippen LogP contribution in [0.15, 0.2) is 35.1 Å². The average Bonchev–Trinajstić information content (AvgIpc) is 3.23. The predicted molar refractivity (Wildman–Crippen MR) is 91.1 cm³/mol. The predicted octanol–water partition coefficient (Wildman–Crippen LogP) is 2.87. The maximum absolute atomic E-state index is 11.8. The van der Waals surface area contributed by atoms with Crippen LogP contribution in [-0.4, -0.2) is 46.8 Å². The Kier molecular flexibility index (Phi) is 5.13. The zero-order valence-electron chi connectivity index (χ0n) is 13.3. The summed E-state index contributed by atoms with van der Waals surface area (Å²) >= 11 is 1.53. The van der Waals surface area contributed by atoms with Crippen LogP contribution < -0.4 is 4.74 Å². The van der Waals surface area contributed by atoms with Crippen LogP contribution in [0.1, 0.15) is 22.3 Å². The molecule has 1 aliphatic heterocycles. The molecule has 6 nitrogen and oxygen atoms in total. The zero-order valence-corrected chi connectivity index (χ0v) is 14.1. The van der Waals surface area contributed by atoms with Crippen molar-refractivity contribution in [1.82, 2.24) is 4.31 Å². The highest BCUT2D eigenvalue weighted by Gasteiger charge is 2.24. The van der Waals surface area contributed by atoms with E-state index in [0.29, 0.717) is 29.2 Å². The van der Waals surface area contributed by atoms with Crippen LogP contribution in [0.3, 0.4) is 0 Å². The van der Waals surface area contributed by atoms with Crippen molar-refractivity contribution in [3.63, 3.8) is 0 Å². The Morgan fingerprint density at radius 3 is 2.88 bits per heavy atom. The fourth-order valence-corrected chi connectivity index (χ4v) is 3.90. The first-order valence-electron chi connectivity index (χ1n) is 7.61. The minimum Gasteiger partial charge on any atom is -0.495 e. The molecule has 1 fully saturated rings. The van der Waals surface area contributed by atoms with E-state index in [1.165, 1.54) is 25.3 Å². The molecule has 24 heavy (non-hydrogen) atoms. The van der Waals surface area contributed by atoms with Crippen molar-refractivity contribution in [2.24, 2.45) is 0 Å². The zero-order chi connectivity index (χ0) is 17.1. The highest BCUT2D eigenvalue weighted by molar-refractivity contribution is 7.96. The van der Waals surface area contributed by atoms with Gasteiger partial charge in [0, 0.05) is 30.0 Å². The highest BCUT2D eigenvalue weighted by Crippen LogP contribution is 2.37. The van der Waals surface area contributed by atoms with Crippen molar-refractivity contribution in [1.29, 1.82) is 0 Å². The molecule has 7 heteroatoms. The number of aliphatic hydroxyl groups excluding tert-OH is 1. The maximum atomic E-state index is 11.8. The molecule has 1 aromatic heterocycles. The van der Waals surface area contributed by atoms with Crippen molar-refractivity contribution in [2.45, 2.75) is 18.3 Å². The third-order valence-corrected chi connectivity index (χ3v) is 5.16. The molecule has 0 aliphatic carbocycles. The van der Waals surface area contributed by atoms with Crippen LogP contribution >= 0.6 is 11.9 Å². The number of ether oxygens (including phenoxy) is 1. The maximum Gasteiger partial charge on any atom is 0.339 e. The van der Waals surface area contributed by atoms with Gasteiger partial charge in [0.05, 0.1) is 25.7 Å². The Bertz CT molecular complexity index is 716. The summed E-state index contributed by atoms with van der Waals surface area (Å²) in [7, 11) is 1.47. The molecule has 0 saturated carbocycles. The fraction of sp³-hybridized carbons (Fsp3) is 0.353. The van der Waals surface area contributed by atoms with Gasteiger partial charge in [-0.15, -0.1) is 0 Å². The molecule has 1 unspecified atom stereocenters. The second-order valence-electron chi connectivity index (χ2n) is 5.60. The molecule has 0 radical (unpaired) electrons. The summed E-state index contributed by atoms with van der Waals surface area (Å²) in [6.45, 7) is 1.41. The number of rotatable bonds is 6. The molecule has 2 N–H and O–H groups in total. The highest BCUT2D eigenvalue weighted by atomic mass is 32.2.